The van der Waals surface area contributed by atoms with Crippen LogP contribution in [0.15, 0.2) is 18.2 Å². The summed E-state index contributed by atoms with van der Waals surface area (Å²) in [6, 6.07) is 4.51. The topological polar surface area (TPSA) is 98.6 Å². The molecule has 0 spiro atoms. The van der Waals surface area contributed by atoms with E-state index in [1.54, 1.807) is 7.11 Å². The van der Waals surface area contributed by atoms with E-state index >= 15 is 0 Å². The van der Waals surface area contributed by atoms with Gasteiger partial charge in [-0.15, -0.1) is 0 Å². The summed E-state index contributed by atoms with van der Waals surface area (Å²) in [5.41, 5.74) is 13.7. The summed E-state index contributed by atoms with van der Waals surface area (Å²) < 4.78 is 5.30. The first-order valence-electron chi connectivity index (χ1n) is 6.27. The minimum atomic E-state index is -0.944. The molecule has 19 heavy (non-hydrogen) atoms. The van der Waals surface area contributed by atoms with Gasteiger partial charge in [-0.05, 0) is 23.1 Å². The second-order valence-corrected chi connectivity index (χ2v) is 4.94. The summed E-state index contributed by atoms with van der Waals surface area (Å²) in [5.74, 6) is 0.149. The fraction of sp³-hybridized carbons (Fsp3) is 0.500. The van der Waals surface area contributed by atoms with Crippen molar-refractivity contribution in [2.75, 3.05) is 7.11 Å². The van der Waals surface area contributed by atoms with Gasteiger partial charge in [0.2, 0.25) is 0 Å². The summed E-state index contributed by atoms with van der Waals surface area (Å²) in [6.07, 6.45) is -0.149. The molecule has 0 fully saturated rings. The fourth-order valence-corrected chi connectivity index (χ4v) is 1.99. The smallest absolute Gasteiger partial charge is 0.304 e. The first kappa shape index (κ1) is 15.5. The third-order valence-corrected chi connectivity index (χ3v) is 3.13. The molecular weight excluding hydrogens is 244 g/mol. The van der Waals surface area contributed by atoms with Crippen LogP contribution in [0.5, 0.6) is 5.75 Å². The second kappa shape index (κ2) is 6.54. The predicted molar refractivity (Wildman–Crippen MR) is 74.2 cm³/mol. The lowest BCUT2D eigenvalue weighted by Gasteiger charge is -2.21. The average molecular weight is 266 g/mol. The maximum absolute atomic E-state index is 10.7. The van der Waals surface area contributed by atoms with Crippen LogP contribution in [0.1, 0.15) is 43.4 Å². The molecule has 106 valence electrons. The highest BCUT2D eigenvalue weighted by atomic mass is 16.5. The maximum atomic E-state index is 10.7. The van der Waals surface area contributed by atoms with Gasteiger partial charge < -0.3 is 21.3 Å². The van der Waals surface area contributed by atoms with Crippen molar-refractivity contribution in [3.05, 3.63) is 29.3 Å². The number of hydrogen-bond acceptors (Lipinski definition) is 4. The summed E-state index contributed by atoms with van der Waals surface area (Å²) in [6.45, 7) is 4.12. The van der Waals surface area contributed by atoms with Crippen LogP contribution in [-0.4, -0.2) is 24.2 Å². The zero-order valence-electron chi connectivity index (χ0n) is 11.6. The highest BCUT2D eigenvalue weighted by Crippen LogP contribution is 2.29. The number of rotatable bonds is 6. The summed E-state index contributed by atoms with van der Waals surface area (Å²) in [4.78, 5) is 10.7. The molecule has 2 unspecified atom stereocenters. The number of aliphatic carboxylic acids is 1. The van der Waals surface area contributed by atoms with Gasteiger partial charge in [-0.2, -0.15) is 0 Å². The number of ether oxygens (including phenoxy) is 1. The molecule has 1 aromatic carbocycles. The Morgan fingerprint density at radius 3 is 2.47 bits per heavy atom. The number of carboxylic acids is 1. The van der Waals surface area contributed by atoms with Crippen molar-refractivity contribution in [2.45, 2.75) is 38.3 Å². The van der Waals surface area contributed by atoms with Gasteiger partial charge in [-0.1, -0.05) is 26.0 Å². The van der Waals surface area contributed by atoms with Crippen molar-refractivity contribution in [3.63, 3.8) is 0 Å². The van der Waals surface area contributed by atoms with Crippen LogP contribution in [-0.2, 0) is 4.79 Å². The van der Waals surface area contributed by atoms with E-state index in [4.69, 9.17) is 21.3 Å². The minimum Gasteiger partial charge on any atom is -0.496 e. The monoisotopic (exact) mass is 266 g/mol. The third-order valence-electron chi connectivity index (χ3n) is 3.13. The average Bonchev–Trinajstić information content (AvgIpc) is 2.36. The van der Waals surface area contributed by atoms with E-state index in [1.165, 1.54) is 0 Å². The van der Waals surface area contributed by atoms with Crippen molar-refractivity contribution in [1.29, 1.82) is 0 Å². The van der Waals surface area contributed by atoms with Crippen LogP contribution in [0.25, 0.3) is 0 Å². The van der Waals surface area contributed by atoms with Crippen LogP contribution < -0.4 is 16.2 Å². The van der Waals surface area contributed by atoms with Crippen LogP contribution >= 0.6 is 0 Å². The van der Waals surface area contributed by atoms with E-state index < -0.39 is 18.1 Å². The Balaban J connectivity index is 3.01. The lowest BCUT2D eigenvalue weighted by Crippen LogP contribution is -2.36. The van der Waals surface area contributed by atoms with Crippen molar-refractivity contribution in [2.24, 2.45) is 11.5 Å². The Labute approximate surface area is 113 Å². The SMILES string of the molecule is COc1ccc(C(N)C(N)CC(=O)O)cc1C(C)C. The van der Waals surface area contributed by atoms with Crippen molar-refractivity contribution >= 4 is 5.97 Å². The molecule has 5 N–H and O–H groups in total. The highest BCUT2D eigenvalue weighted by molar-refractivity contribution is 5.67. The van der Waals surface area contributed by atoms with Gasteiger partial charge in [0.1, 0.15) is 5.75 Å². The number of benzene rings is 1. The minimum absolute atomic E-state index is 0.149. The first-order valence-corrected chi connectivity index (χ1v) is 6.27. The molecule has 0 aromatic heterocycles. The summed E-state index contributed by atoms with van der Waals surface area (Å²) in [5, 5.41) is 8.75. The van der Waals surface area contributed by atoms with Gasteiger partial charge >= 0.3 is 5.97 Å². The summed E-state index contributed by atoms with van der Waals surface area (Å²) in [7, 11) is 1.62. The molecule has 0 saturated carbocycles. The quantitative estimate of drug-likeness (QED) is 0.726. The first-order chi connectivity index (χ1) is 8.86. The predicted octanol–water partition coefficient (Wildman–Crippen LogP) is 1.62. The van der Waals surface area contributed by atoms with E-state index in [0.717, 1.165) is 16.9 Å². The molecule has 1 aromatic rings. The van der Waals surface area contributed by atoms with Crippen molar-refractivity contribution in [3.8, 4) is 5.75 Å². The molecule has 0 heterocycles. The summed E-state index contributed by atoms with van der Waals surface area (Å²) >= 11 is 0. The van der Waals surface area contributed by atoms with Crippen molar-refractivity contribution in [1.82, 2.24) is 0 Å². The van der Waals surface area contributed by atoms with E-state index in [-0.39, 0.29) is 12.3 Å². The number of hydrogen-bond donors (Lipinski definition) is 3. The molecule has 0 aliphatic carbocycles. The molecule has 0 saturated heterocycles. The van der Waals surface area contributed by atoms with Gasteiger partial charge in [-0.25, -0.2) is 0 Å². The normalized spacial score (nSPS) is 14.2. The molecule has 0 aliphatic rings. The molecular formula is C14H22N2O3. The Hall–Kier alpha value is -1.59. The van der Waals surface area contributed by atoms with Gasteiger partial charge in [-0.3, -0.25) is 4.79 Å². The largest absolute Gasteiger partial charge is 0.496 e. The molecule has 0 aliphatic heterocycles. The Kier molecular flexibility index (Phi) is 5.32. The molecule has 0 amide bonds. The van der Waals surface area contributed by atoms with Crippen LogP contribution in [0.2, 0.25) is 0 Å². The van der Waals surface area contributed by atoms with E-state index in [1.807, 2.05) is 18.2 Å². The maximum Gasteiger partial charge on any atom is 0.304 e. The Bertz CT molecular complexity index is 446. The van der Waals surface area contributed by atoms with Crippen LogP contribution in [0.4, 0.5) is 0 Å². The molecule has 0 radical (unpaired) electrons. The van der Waals surface area contributed by atoms with Gasteiger partial charge in [0.15, 0.2) is 0 Å². The molecule has 1 rings (SSSR count). The number of nitrogens with two attached hydrogens (primary N) is 2. The fourth-order valence-electron chi connectivity index (χ4n) is 1.99. The number of methoxy groups -OCH3 is 1. The molecule has 5 heteroatoms. The van der Waals surface area contributed by atoms with Gasteiger partial charge in [0, 0.05) is 12.1 Å². The third kappa shape index (κ3) is 3.94. The van der Waals surface area contributed by atoms with Crippen LogP contribution in [0, 0.1) is 0 Å². The number of carboxylic acid groups (broad SMARTS) is 1. The van der Waals surface area contributed by atoms with Crippen molar-refractivity contribution < 1.29 is 14.6 Å². The molecule has 0 bridgehead atoms. The Morgan fingerprint density at radius 2 is 2.00 bits per heavy atom. The zero-order valence-corrected chi connectivity index (χ0v) is 11.6. The van der Waals surface area contributed by atoms with E-state index in [2.05, 4.69) is 13.8 Å². The lowest BCUT2D eigenvalue weighted by molar-refractivity contribution is -0.137. The standard InChI is InChI=1S/C14H22N2O3/c1-8(2)10-6-9(4-5-12(10)19-3)14(16)11(15)7-13(17)18/h4-6,8,11,14H,7,15-16H2,1-3H3,(H,17,18). The zero-order chi connectivity index (χ0) is 14.6. The molecule has 5 nitrogen and oxygen atoms in total. The van der Waals surface area contributed by atoms with E-state index in [9.17, 15) is 4.79 Å². The number of carbonyl (C=O) groups is 1. The Morgan fingerprint density at radius 1 is 1.37 bits per heavy atom. The highest BCUT2D eigenvalue weighted by Gasteiger charge is 2.20. The van der Waals surface area contributed by atoms with Gasteiger partial charge in [0.25, 0.3) is 0 Å². The van der Waals surface area contributed by atoms with Gasteiger partial charge in [0.05, 0.1) is 13.5 Å². The van der Waals surface area contributed by atoms with E-state index in [0.29, 0.717) is 0 Å². The van der Waals surface area contributed by atoms with Crippen LogP contribution in [0.3, 0.4) is 0 Å². The molecule has 2 atom stereocenters. The lowest BCUT2D eigenvalue weighted by atomic mass is 9.93. The second-order valence-electron chi connectivity index (χ2n) is 4.94.